The van der Waals surface area contributed by atoms with E-state index in [1.54, 1.807) is 0 Å². The summed E-state index contributed by atoms with van der Waals surface area (Å²) in [4.78, 5) is 0. The lowest BCUT2D eigenvalue weighted by molar-refractivity contribution is 0.465. The van der Waals surface area contributed by atoms with Crippen molar-refractivity contribution in [3.05, 3.63) is 139 Å². The van der Waals surface area contributed by atoms with Crippen LogP contribution in [0.5, 0.6) is 23.0 Å². The fraction of sp³-hybridized carbons (Fsp3) is 0.0952. The van der Waals surface area contributed by atoms with Crippen LogP contribution in [0, 0.1) is 0 Å². The maximum atomic E-state index is 6.90. The third-order valence-electron chi connectivity index (χ3n) is 9.57. The molecule has 0 saturated carbocycles. The van der Waals surface area contributed by atoms with Crippen LogP contribution in [-0.4, -0.2) is 6.71 Å². The van der Waals surface area contributed by atoms with Gasteiger partial charge in [-0.3, -0.25) is 0 Å². The molecule has 0 radical (unpaired) electrons. The van der Waals surface area contributed by atoms with Crippen molar-refractivity contribution in [1.82, 2.24) is 0 Å². The van der Waals surface area contributed by atoms with Gasteiger partial charge >= 0.3 is 0 Å². The van der Waals surface area contributed by atoms with E-state index in [-0.39, 0.29) is 12.1 Å². The molecule has 2 heterocycles. The molecule has 0 N–H and O–H groups in total. The minimum atomic E-state index is 0.0305. The van der Waals surface area contributed by atoms with E-state index in [0.717, 1.165) is 34.0 Å². The van der Waals surface area contributed by atoms with Gasteiger partial charge in [0.05, 0.1) is 0 Å². The Kier molecular flexibility index (Phi) is 5.59. The maximum Gasteiger partial charge on any atom is 0.260 e. The summed E-state index contributed by atoms with van der Waals surface area (Å²) in [6.07, 6.45) is 0. The molecule has 9 rings (SSSR count). The standard InChI is InChI=1S/C42H31BO2/c1-42(2,3)27-24-22-26(23-25-27)38-28-12-4-6-14-30(28)39(31-15-7-5-13-29(31)38)32-16-10-18-34-41(32)45-37-21-11-20-36-40(37)43(34)33-17-8-9-19-35(33)44-36/h4-25H,1-3H3. The van der Waals surface area contributed by atoms with E-state index in [4.69, 9.17) is 9.47 Å². The summed E-state index contributed by atoms with van der Waals surface area (Å²) >= 11 is 0. The van der Waals surface area contributed by atoms with Gasteiger partial charge in [0.25, 0.3) is 6.71 Å². The number of hydrogen-bond acceptors (Lipinski definition) is 2. The Bertz CT molecular complexity index is 2250. The fourth-order valence-corrected chi connectivity index (χ4v) is 7.46. The van der Waals surface area contributed by atoms with Crippen LogP contribution in [0.1, 0.15) is 26.3 Å². The Labute approximate surface area is 264 Å². The second kappa shape index (κ2) is 9.61. The van der Waals surface area contributed by atoms with Gasteiger partial charge in [-0.05, 0) is 72.8 Å². The second-order valence-corrected chi connectivity index (χ2v) is 13.2. The van der Waals surface area contributed by atoms with Crippen molar-refractivity contribution in [2.24, 2.45) is 0 Å². The summed E-state index contributed by atoms with van der Waals surface area (Å²) < 4.78 is 13.3. The molecule has 0 amide bonds. The molecule has 0 spiro atoms. The van der Waals surface area contributed by atoms with Gasteiger partial charge in [0, 0.05) is 16.6 Å². The number of fused-ring (bicyclic) bond motifs is 6. The Balaban J connectivity index is 1.33. The topological polar surface area (TPSA) is 18.5 Å². The quantitative estimate of drug-likeness (QED) is 0.150. The van der Waals surface area contributed by atoms with Crippen LogP contribution in [0.2, 0.25) is 0 Å². The largest absolute Gasteiger partial charge is 0.458 e. The van der Waals surface area contributed by atoms with E-state index < -0.39 is 0 Å². The molecule has 7 aromatic carbocycles. The first kappa shape index (κ1) is 26.2. The summed E-state index contributed by atoms with van der Waals surface area (Å²) in [7, 11) is 0. The van der Waals surface area contributed by atoms with Gasteiger partial charge in [-0.1, -0.05) is 136 Å². The molecule has 0 unspecified atom stereocenters. The zero-order valence-corrected chi connectivity index (χ0v) is 25.6. The SMILES string of the molecule is CC(C)(C)c1ccc(-c2c3ccccc3c(-c3cccc4c3Oc3cccc5c3B4c3ccccc3O5)c3ccccc23)cc1. The Morgan fingerprint density at radius 3 is 1.67 bits per heavy atom. The lowest BCUT2D eigenvalue weighted by atomic mass is 9.34. The highest BCUT2D eigenvalue weighted by Gasteiger charge is 2.40. The predicted molar refractivity (Wildman–Crippen MR) is 189 cm³/mol. The molecular weight excluding hydrogens is 547 g/mol. The third-order valence-corrected chi connectivity index (χ3v) is 9.57. The summed E-state index contributed by atoms with van der Waals surface area (Å²) in [5.74, 6) is 3.55. The summed E-state index contributed by atoms with van der Waals surface area (Å²) in [5.41, 5.74) is 9.68. The first-order valence-electron chi connectivity index (χ1n) is 15.7. The molecule has 0 aromatic heterocycles. The summed E-state index contributed by atoms with van der Waals surface area (Å²) in [6, 6.07) is 48.0. The zero-order chi connectivity index (χ0) is 30.3. The highest BCUT2D eigenvalue weighted by atomic mass is 16.5. The Morgan fingerprint density at radius 2 is 1.00 bits per heavy atom. The molecule has 45 heavy (non-hydrogen) atoms. The van der Waals surface area contributed by atoms with E-state index >= 15 is 0 Å². The average molecular weight is 579 g/mol. The lowest BCUT2D eigenvalue weighted by Crippen LogP contribution is -2.57. The van der Waals surface area contributed by atoms with Gasteiger partial charge in [-0.25, -0.2) is 0 Å². The second-order valence-electron chi connectivity index (χ2n) is 13.2. The van der Waals surface area contributed by atoms with Crippen LogP contribution >= 0.6 is 0 Å². The first-order valence-corrected chi connectivity index (χ1v) is 15.7. The number of para-hydroxylation sites is 2. The van der Waals surface area contributed by atoms with Crippen LogP contribution in [0.15, 0.2) is 133 Å². The van der Waals surface area contributed by atoms with Gasteiger partial charge < -0.3 is 9.47 Å². The smallest absolute Gasteiger partial charge is 0.260 e. The van der Waals surface area contributed by atoms with Gasteiger partial charge in [0.2, 0.25) is 0 Å². The molecule has 7 aromatic rings. The summed E-state index contributed by atoms with van der Waals surface area (Å²) in [5, 5.41) is 4.91. The van der Waals surface area contributed by atoms with Crippen LogP contribution < -0.4 is 25.9 Å². The van der Waals surface area contributed by atoms with Crippen LogP contribution in [-0.2, 0) is 5.41 Å². The van der Waals surface area contributed by atoms with E-state index in [9.17, 15) is 0 Å². The number of ether oxygens (including phenoxy) is 2. The van der Waals surface area contributed by atoms with Gasteiger partial charge in [-0.2, -0.15) is 0 Å². The number of rotatable bonds is 2. The Hall–Kier alpha value is -5.28. The fourth-order valence-electron chi connectivity index (χ4n) is 7.46. The van der Waals surface area contributed by atoms with Gasteiger partial charge in [0.15, 0.2) is 0 Å². The highest BCUT2D eigenvalue weighted by molar-refractivity contribution is 6.98. The maximum absolute atomic E-state index is 6.90. The average Bonchev–Trinajstić information content (AvgIpc) is 3.06. The number of hydrogen-bond donors (Lipinski definition) is 0. The van der Waals surface area contributed by atoms with E-state index in [1.165, 1.54) is 54.7 Å². The van der Waals surface area contributed by atoms with Crippen molar-refractivity contribution in [2.75, 3.05) is 0 Å². The van der Waals surface area contributed by atoms with E-state index in [1.807, 2.05) is 18.2 Å². The molecule has 2 aliphatic heterocycles. The highest BCUT2D eigenvalue weighted by Crippen LogP contribution is 2.47. The molecule has 0 fully saturated rings. The molecule has 0 bridgehead atoms. The molecule has 0 atom stereocenters. The van der Waals surface area contributed by atoms with Crippen molar-refractivity contribution in [2.45, 2.75) is 26.2 Å². The molecule has 0 aliphatic carbocycles. The molecule has 2 aliphatic rings. The predicted octanol–water partition coefficient (Wildman–Crippen LogP) is 9.35. The molecule has 214 valence electrons. The van der Waals surface area contributed by atoms with Crippen LogP contribution in [0.4, 0.5) is 0 Å². The van der Waals surface area contributed by atoms with Crippen molar-refractivity contribution < 1.29 is 9.47 Å². The lowest BCUT2D eigenvalue weighted by Gasteiger charge is -2.33. The van der Waals surface area contributed by atoms with Crippen LogP contribution in [0.3, 0.4) is 0 Å². The molecular formula is C42H31BO2. The first-order chi connectivity index (χ1) is 22.0. The monoisotopic (exact) mass is 578 g/mol. The van der Waals surface area contributed by atoms with E-state index in [2.05, 4.69) is 136 Å². The third kappa shape index (κ3) is 3.90. The molecule has 0 saturated heterocycles. The Morgan fingerprint density at radius 1 is 0.467 bits per heavy atom. The molecule has 3 heteroatoms. The van der Waals surface area contributed by atoms with Gasteiger partial charge in [0.1, 0.15) is 23.0 Å². The minimum Gasteiger partial charge on any atom is -0.458 e. The van der Waals surface area contributed by atoms with Crippen LogP contribution in [0.25, 0.3) is 43.8 Å². The van der Waals surface area contributed by atoms with E-state index in [0.29, 0.717) is 0 Å². The van der Waals surface area contributed by atoms with Crippen molar-refractivity contribution in [1.29, 1.82) is 0 Å². The van der Waals surface area contributed by atoms with Crippen molar-refractivity contribution in [3.8, 4) is 45.3 Å². The zero-order valence-electron chi connectivity index (χ0n) is 25.6. The number of benzene rings is 7. The van der Waals surface area contributed by atoms with Crippen molar-refractivity contribution in [3.63, 3.8) is 0 Å². The van der Waals surface area contributed by atoms with Gasteiger partial charge in [-0.15, -0.1) is 0 Å². The molecule has 2 nitrogen and oxygen atoms in total. The normalized spacial score (nSPS) is 13.1. The minimum absolute atomic E-state index is 0.0305. The summed E-state index contributed by atoms with van der Waals surface area (Å²) in [6.45, 7) is 6.83. The van der Waals surface area contributed by atoms with Crippen molar-refractivity contribution >= 4 is 44.6 Å².